The van der Waals surface area contributed by atoms with Gasteiger partial charge < -0.3 is 24.6 Å². The van der Waals surface area contributed by atoms with Gasteiger partial charge in [0, 0.05) is 12.7 Å². The Morgan fingerprint density at radius 3 is 2.93 bits per heavy atom. The van der Waals surface area contributed by atoms with E-state index in [0.717, 1.165) is 5.56 Å². The Morgan fingerprint density at radius 1 is 1.30 bits per heavy atom. The number of rotatable bonds is 3. The standard InChI is InChI=1S/C19H17N5O6/c1-9-8-29-14-7-23-6-11(16(25)17(26)15(23)19(28)24(9)14)18(27)20-5-10-2-3-12-13(4-10)22-30-21-12/h2-4,6,9,14,26H,5,7-8H2,1H3,(H,20,27)/t9-,14+/m0/s1. The summed E-state index contributed by atoms with van der Waals surface area (Å²) in [6.45, 7) is 2.54. The van der Waals surface area contributed by atoms with Crippen LogP contribution < -0.4 is 10.7 Å². The topological polar surface area (TPSA) is 140 Å². The van der Waals surface area contributed by atoms with Crippen LogP contribution in [0.15, 0.2) is 33.8 Å². The van der Waals surface area contributed by atoms with E-state index in [0.29, 0.717) is 17.6 Å². The van der Waals surface area contributed by atoms with Gasteiger partial charge in [-0.2, -0.15) is 0 Å². The van der Waals surface area contributed by atoms with Crippen LogP contribution in [0.5, 0.6) is 5.75 Å². The summed E-state index contributed by atoms with van der Waals surface area (Å²) >= 11 is 0. The van der Waals surface area contributed by atoms with Crippen LogP contribution in [0.1, 0.15) is 33.3 Å². The molecule has 2 amide bonds. The number of amides is 2. The fourth-order valence-electron chi connectivity index (χ4n) is 3.85. The van der Waals surface area contributed by atoms with Crippen LogP contribution in [0.3, 0.4) is 0 Å². The molecule has 30 heavy (non-hydrogen) atoms. The molecule has 0 aliphatic carbocycles. The first-order valence-electron chi connectivity index (χ1n) is 9.34. The zero-order valence-electron chi connectivity index (χ0n) is 15.9. The monoisotopic (exact) mass is 411 g/mol. The van der Waals surface area contributed by atoms with Crippen molar-refractivity contribution in [3.05, 3.63) is 51.4 Å². The van der Waals surface area contributed by atoms with Gasteiger partial charge >= 0.3 is 0 Å². The number of nitrogens with one attached hydrogen (secondary N) is 1. The highest BCUT2D eigenvalue weighted by Gasteiger charge is 2.42. The third kappa shape index (κ3) is 2.74. The van der Waals surface area contributed by atoms with Gasteiger partial charge in [-0.1, -0.05) is 6.07 Å². The smallest absolute Gasteiger partial charge is 0.276 e. The summed E-state index contributed by atoms with van der Waals surface area (Å²) in [4.78, 5) is 39.5. The first kappa shape index (κ1) is 18.3. The van der Waals surface area contributed by atoms with Crippen LogP contribution in [-0.2, 0) is 17.8 Å². The molecule has 2 aliphatic rings. The number of aromatic hydroxyl groups is 1. The molecule has 1 aromatic carbocycles. The summed E-state index contributed by atoms with van der Waals surface area (Å²) in [5.74, 6) is -1.90. The highest BCUT2D eigenvalue weighted by Crippen LogP contribution is 2.29. The highest BCUT2D eigenvalue weighted by atomic mass is 16.6. The average molecular weight is 411 g/mol. The van der Waals surface area contributed by atoms with E-state index in [1.807, 2.05) is 6.92 Å². The number of benzene rings is 1. The quantitative estimate of drug-likeness (QED) is 0.624. The molecular weight excluding hydrogens is 394 g/mol. The zero-order chi connectivity index (χ0) is 21.0. The molecule has 2 aliphatic heterocycles. The van der Waals surface area contributed by atoms with Crippen LogP contribution in [0.4, 0.5) is 0 Å². The van der Waals surface area contributed by atoms with Crippen molar-refractivity contribution < 1.29 is 24.1 Å². The van der Waals surface area contributed by atoms with Crippen LogP contribution in [0.25, 0.3) is 11.0 Å². The molecule has 2 aromatic heterocycles. The van der Waals surface area contributed by atoms with Crippen molar-refractivity contribution in [2.24, 2.45) is 0 Å². The molecule has 3 aromatic rings. The second-order valence-electron chi connectivity index (χ2n) is 7.34. The highest BCUT2D eigenvalue weighted by molar-refractivity contribution is 5.99. The minimum Gasteiger partial charge on any atom is -0.503 e. The summed E-state index contributed by atoms with van der Waals surface area (Å²) < 4.78 is 11.7. The number of fused-ring (bicyclic) bond motifs is 3. The van der Waals surface area contributed by atoms with Crippen molar-refractivity contribution in [1.29, 1.82) is 0 Å². The van der Waals surface area contributed by atoms with E-state index < -0.39 is 29.2 Å². The number of ether oxygens (including phenoxy) is 1. The molecule has 0 spiro atoms. The second kappa shape index (κ2) is 6.66. The lowest BCUT2D eigenvalue weighted by Crippen LogP contribution is -2.49. The number of hydrogen-bond donors (Lipinski definition) is 2. The zero-order valence-corrected chi connectivity index (χ0v) is 15.9. The lowest BCUT2D eigenvalue weighted by molar-refractivity contribution is 0.00624. The Hall–Kier alpha value is -3.73. The average Bonchev–Trinajstić information content (AvgIpc) is 3.35. The van der Waals surface area contributed by atoms with E-state index in [2.05, 4.69) is 20.3 Å². The van der Waals surface area contributed by atoms with Gasteiger partial charge in [-0.05, 0) is 34.9 Å². The molecule has 5 rings (SSSR count). The van der Waals surface area contributed by atoms with Gasteiger partial charge in [-0.3, -0.25) is 14.4 Å². The number of pyridine rings is 1. The Kier molecular flexibility index (Phi) is 4.07. The molecule has 154 valence electrons. The summed E-state index contributed by atoms with van der Waals surface area (Å²) in [6, 6.07) is 4.99. The molecule has 1 saturated heterocycles. The molecule has 4 heterocycles. The molecule has 0 saturated carbocycles. The van der Waals surface area contributed by atoms with E-state index in [4.69, 9.17) is 4.74 Å². The van der Waals surface area contributed by atoms with Crippen molar-refractivity contribution >= 4 is 22.8 Å². The van der Waals surface area contributed by atoms with Gasteiger partial charge in [0.1, 0.15) is 16.6 Å². The molecule has 2 N–H and O–H groups in total. The number of carbonyl (C=O) groups excluding carboxylic acids is 2. The summed E-state index contributed by atoms with van der Waals surface area (Å²) in [6.07, 6.45) is 0.791. The first-order valence-corrected chi connectivity index (χ1v) is 9.34. The Bertz CT molecular complexity index is 1250. The van der Waals surface area contributed by atoms with Crippen molar-refractivity contribution in [2.45, 2.75) is 32.3 Å². The molecule has 2 atom stereocenters. The molecule has 0 unspecified atom stereocenters. The first-order chi connectivity index (χ1) is 14.4. The SMILES string of the molecule is C[C@H]1CO[C@@H]2Cn3cc(C(=O)NCc4ccc5nonc5c4)c(=O)c(O)c3C(=O)N12. The predicted octanol–water partition coefficient (Wildman–Crippen LogP) is 0.221. The van der Waals surface area contributed by atoms with Gasteiger partial charge in [0.05, 0.1) is 19.2 Å². The Morgan fingerprint density at radius 2 is 2.10 bits per heavy atom. The van der Waals surface area contributed by atoms with Gasteiger partial charge in [0.2, 0.25) is 5.43 Å². The van der Waals surface area contributed by atoms with Crippen molar-refractivity contribution in [2.75, 3.05) is 6.61 Å². The maximum Gasteiger partial charge on any atom is 0.276 e. The minimum absolute atomic E-state index is 0.125. The third-order valence-electron chi connectivity index (χ3n) is 5.38. The predicted molar refractivity (Wildman–Crippen MR) is 101 cm³/mol. The van der Waals surface area contributed by atoms with Crippen LogP contribution >= 0.6 is 0 Å². The Labute approximate surface area is 168 Å². The van der Waals surface area contributed by atoms with E-state index in [1.54, 1.807) is 18.2 Å². The third-order valence-corrected chi connectivity index (χ3v) is 5.38. The van der Waals surface area contributed by atoms with E-state index in [-0.39, 0.29) is 30.4 Å². The van der Waals surface area contributed by atoms with E-state index >= 15 is 0 Å². The molecule has 11 nitrogen and oxygen atoms in total. The van der Waals surface area contributed by atoms with Gasteiger partial charge in [0.15, 0.2) is 17.7 Å². The lowest BCUT2D eigenvalue weighted by atomic mass is 10.1. The second-order valence-corrected chi connectivity index (χ2v) is 7.34. The number of aromatic nitrogens is 3. The maximum atomic E-state index is 12.8. The largest absolute Gasteiger partial charge is 0.503 e. The summed E-state index contributed by atoms with van der Waals surface area (Å²) in [5, 5.41) is 20.5. The Balaban J connectivity index is 1.42. The number of hydrogen-bond acceptors (Lipinski definition) is 8. The van der Waals surface area contributed by atoms with Crippen molar-refractivity contribution in [3.63, 3.8) is 0 Å². The molecule has 11 heteroatoms. The fourth-order valence-corrected chi connectivity index (χ4v) is 3.85. The van der Waals surface area contributed by atoms with Crippen molar-refractivity contribution in [3.8, 4) is 5.75 Å². The summed E-state index contributed by atoms with van der Waals surface area (Å²) in [5.41, 5.74) is 0.580. The van der Waals surface area contributed by atoms with E-state index in [9.17, 15) is 19.5 Å². The number of nitrogens with zero attached hydrogens (tertiary/aromatic N) is 4. The van der Waals surface area contributed by atoms with E-state index in [1.165, 1.54) is 15.7 Å². The molecule has 0 bridgehead atoms. The normalized spacial score (nSPS) is 20.3. The number of carbonyl (C=O) groups is 2. The van der Waals surface area contributed by atoms with Crippen LogP contribution in [0.2, 0.25) is 0 Å². The lowest BCUT2D eigenvalue weighted by Gasteiger charge is -2.33. The summed E-state index contributed by atoms with van der Waals surface area (Å²) in [7, 11) is 0. The van der Waals surface area contributed by atoms with Crippen LogP contribution in [-0.4, -0.2) is 55.6 Å². The molecule has 0 radical (unpaired) electrons. The van der Waals surface area contributed by atoms with Crippen molar-refractivity contribution in [1.82, 2.24) is 25.1 Å². The van der Waals surface area contributed by atoms with Crippen LogP contribution in [0, 0.1) is 0 Å². The fraction of sp³-hybridized carbons (Fsp3) is 0.316. The van der Waals surface area contributed by atoms with Gasteiger partial charge in [0.25, 0.3) is 11.8 Å². The minimum atomic E-state index is -0.894. The van der Waals surface area contributed by atoms with Gasteiger partial charge in [-0.15, -0.1) is 0 Å². The molecule has 1 fully saturated rings. The molecular formula is C19H17N5O6. The maximum absolute atomic E-state index is 12.8. The van der Waals surface area contributed by atoms with Gasteiger partial charge in [-0.25, -0.2) is 4.63 Å².